The average Bonchev–Trinajstić information content (AvgIpc) is 2.43. The van der Waals surface area contributed by atoms with Gasteiger partial charge >= 0.3 is 6.03 Å². The molecule has 0 radical (unpaired) electrons. The molecule has 0 unspecified atom stereocenters. The standard InChI is InChI=1S/C13H28N4O3/c1-2-3-8-15-12(18)7-5-4-6-9-16-13(19)17-10-11-20-14/h2-11,14H2,1H3,(H,15,18)(H2,16,17,19). The summed E-state index contributed by atoms with van der Waals surface area (Å²) in [5.41, 5.74) is 0. The Balaban J connectivity index is 3.27. The van der Waals surface area contributed by atoms with Crippen LogP contribution >= 0.6 is 0 Å². The van der Waals surface area contributed by atoms with Crippen LogP contribution in [0.4, 0.5) is 4.79 Å². The third kappa shape index (κ3) is 13.1. The molecule has 0 bridgehead atoms. The van der Waals surface area contributed by atoms with Crippen molar-refractivity contribution < 1.29 is 14.4 Å². The minimum Gasteiger partial charge on any atom is -0.356 e. The number of nitrogens with two attached hydrogens (primary N) is 1. The molecule has 0 aromatic carbocycles. The molecule has 0 rings (SSSR count). The number of amides is 3. The molecular weight excluding hydrogens is 260 g/mol. The Kier molecular flexibility index (Phi) is 13.1. The lowest BCUT2D eigenvalue weighted by molar-refractivity contribution is -0.121. The van der Waals surface area contributed by atoms with E-state index in [1.165, 1.54) is 0 Å². The summed E-state index contributed by atoms with van der Waals surface area (Å²) in [6.45, 7) is 4.15. The van der Waals surface area contributed by atoms with Gasteiger partial charge < -0.3 is 20.8 Å². The van der Waals surface area contributed by atoms with Crippen molar-refractivity contribution in [1.82, 2.24) is 16.0 Å². The molecule has 118 valence electrons. The van der Waals surface area contributed by atoms with E-state index >= 15 is 0 Å². The van der Waals surface area contributed by atoms with Gasteiger partial charge in [0.25, 0.3) is 0 Å². The highest BCUT2D eigenvalue weighted by atomic mass is 16.6. The summed E-state index contributed by atoms with van der Waals surface area (Å²) in [4.78, 5) is 26.9. The molecule has 3 amide bonds. The summed E-state index contributed by atoms with van der Waals surface area (Å²) in [5.74, 6) is 4.94. The number of hydrogen-bond donors (Lipinski definition) is 4. The lowest BCUT2D eigenvalue weighted by atomic mass is 10.2. The molecule has 0 spiro atoms. The number of carbonyl (C=O) groups is 2. The number of urea groups is 1. The summed E-state index contributed by atoms with van der Waals surface area (Å²) in [6, 6.07) is -0.223. The summed E-state index contributed by atoms with van der Waals surface area (Å²) in [6.07, 6.45) is 5.31. The molecule has 0 saturated carbocycles. The first-order valence-electron chi connectivity index (χ1n) is 7.30. The maximum atomic E-state index is 11.4. The molecule has 7 nitrogen and oxygen atoms in total. The second-order valence-corrected chi connectivity index (χ2v) is 4.57. The van der Waals surface area contributed by atoms with Crippen molar-refractivity contribution in [1.29, 1.82) is 0 Å². The van der Waals surface area contributed by atoms with Crippen LogP contribution in [0.5, 0.6) is 0 Å². The van der Waals surface area contributed by atoms with Crippen LogP contribution in [0.2, 0.25) is 0 Å². The van der Waals surface area contributed by atoms with Crippen LogP contribution < -0.4 is 21.8 Å². The quantitative estimate of drug-likeness (QED) is 0.312. The highest BCUT2D eigenvalue weighted by molar-refractivity contribution is 5.75. The molecule has 0 aliphatic rings. The van der Waals surface area contributed by atoms with Gasteiger partial charge in [-0.25, -0.2) is 10.7 Å². The van der Waals surface area contributed by atoms with Gasteiger partial charge in [-0.05, 0) is 19.3 Å². The Morgan fingerprint density at radius 1 is 0.950 bits per heavy atom. The van der Waals surface area contributed by atoms with Crippen LogP contribution in [0.1, 0.15) is 45.4 Å². The highest BCUT2D eigenvalue weighted by Crippen LogP contribution is 1.99. The number of carbonyl (C=O) groups excluding carboxylic acids is 2. The first-order valence-corrected chi connectivity index (χ1v) is 7.30. The monoisotopic (exact) mass is 288 g/mol. The van der Waals surface area contributed by atoms with Crippen LogP contribution in [0.3, 0.4) is 0 Å². The second kappa shape index (κ2) is 14.1. The van der Waals surface area contributed by atoms with Crippen molar-refractivity contribution in [3.63, 3.8) is 0 Å². The number of hydrogen-bond acceptors (Lipinski definition) is 4. The summed E-state index contributed by atoms with van der Waals surface area (Å²) < 4.78 is 0. The smallest absolute Gasteiger partial charge is 0.314 e. The number of nitrogens with one attached hydrogen (secondary N) is 3. The fourth-order valence-corrected chi connectivity index (χ4v) is 1.57. The van der Waals surface area contributed by atoms with Crippen LogP contribution in [0.15, 0.2) is 0 Å². The van der Waals surface area contributed by atoms with Crippen LogP contribution in [0, 0.1) is 0 Å². The molecule has 20 heavy (non-hydrogen) atoms. The number of rotatable bonds is 12. The SMILES string of the molecule is CCCCNC(=O)CCCCCNC(=O)NCCON. The fraction of sp³-hybridized carbons (Fsp3) is 0.846. The first kappa shape index (κ1) is 18.7. The van der Waals surface area contributed by atoms with Crippen LogP contribution in [0.25, 0.3) is 0 Å². The van der Waals surface area contributed by atoms with E-state index in [4.69, 9.17) is 5.90 Å². The van der Waals surface area contributed by atoms with Gasteiger partial charge in [-0.2, -0.15) is 0 Å². The Labute approximate surface area is 120 Å². The van der Waals surface area contributed by atoms with E-state index in [1.54, 1.807) is 0 Å². The maximum Gasteiger partial charge on any atom is 0.314 e. The van der Waals surface area contributed by atoms with Gasteiger partial charge in [-0.1, -0.05) is 19.8 Å². The topological polar surface area (TPSA) is 105 Å². The molecule has 0 heterocycles. The molecule has 7 heteroatoms. The van der Waals surface area contributed by atoms with Gasteiger partial charge in [0.05, 0.1) is 6.61 Å². The van der Waals surface area contributed by atoms with Gasteiger partial charge in [0.1, 0.15) is 0 Å². The Morgan fingerprint density at radius 3 is 2.35 bits per heavy atom. The van der Waals surface area contributed by atoms with E-state index in [1.807, 2.05) is 0 Å². The zero-order valence-electron chi connectivity index (χ0n) is 12.4. The minimum atomic E-state index is -0.223. The lowest BCUT2D eigenvalue weighted by Crippen LogP contribution is -2.38. The van der Waals surface area contributed by atoms with Crippen molar-refractivity contribution in [3.8, 4) is 0 Å². The van der Waals surface area contributed by atoms with Gasteiger partial charge in [0.15, 0.2) is 0 Å². The van der Waals surface area contributed by atoms with E-state index < -0.39 is 0 Å². The van der Waals surface area contributed by atoms with Crippen molar-refractivity contribution >= 4 is 11.9 Å². The van der Waals surface area contributed by atoms with Crippen molar-refractivity contribution in [3.05, 3.63) is 0 Å². The first-order chi connectivity index (χ1) is 9.70. The minimum absolute atomic E-state index is 0.117. The van der Waals surface area contributed by atoms with Crippen molar-refractivity contribution in [2.75, 3.05) is 26.2 Å². The number of unbranched alkanes of at least 4 members (excludes halogenated alkanes) is 3. The lowest BCUT2D eigenvalue weighted by Gasteiger charge is -2.07. The van der Waals surface area contributed by atoms with Gasteiger partial charge in [-0.15, -0.1) is 0 Å². The molecule has 0 atom stereocenters. The zero-order chi connectivity index (χ0) is 15.1. The summed E-state index contributed by atoms with van der Waals surface area (Å²) in [7, 11) is 0. The average molecular weight is 288 g/mol. The van der Waals surface area contributed by atoms with Crippen LogP contribution in [-0.2, 0) is 9.63 Å². The van der Waals surface area contributed by atoms with Gasteiger partial charge in [0, 0.05) is 26.1 Å². The largest absolute Gasteiger partial charge is 0.356 e. The summed E-state index contributed by atoms with van der Waals surface area (Å²) >= 11 is 0. The molecular formula is C13H28N4O3. The zero-order valence-corrected chi connectivity index (χ0v) is 12.4. The molecule has 0 aliphatic heterocycles. The van der Waals surface area contributed by atoms with E-state index in [0.29, 0.717) is 26.1 Å². The third-order valence-electron chi connectivity index (χ3n) is 2.72. The summed E-state index contributed by atoms with van der Waals surface area (Å²) in [5, 5.41) is 8.21. The Bertz CT molecular complexity index is 236. The second-order valence-electron chi connectivity index (χ2n) is 4.57. The van der Waals surface area contributed by atoms with E-state index in [9.17, 15) is 9.59 Å². The normalized spacial score (nSPS) is 10.1. The van der Waals surface area contributed by atoms with Crippen LogP contribution in [-0.4, -0.2) is 38.2 Å². The van der Waals surface area contributed by atoms with E-state index in [2.05, 4.69) is 27.7 Å². The van der Waals surface area contributed by atoms with E-state index in [-0.39, 0.29) is 11.9 Å². The Hall–Kier alpha value is -1.34. The van der Waals surface area contributed by atoms with Crippen molar-refractivity contribution in [2.24, 2.45) is 5.90 Å². The third-order valence-corrected chi connectivity index (χ3v) is 2.72. The van der Waals surface area contributed by atoms with Crippen molar-refractivity contribution in [2.45, 2.75) is 45.4 Å². The van der Waals surface area contributed by atoms with E-state index in [0.717, 1.165) is 38.6 Å². The maximum absolute atomic E-state index is 11.4. The van der Waals surface area contributed by atoms with Gasteiger partial charge in [-0.3, -0.25) is 4.79 Å². The molecule has 0 aromatic rings. The predicted octanol–water partition coefficient (Wildman–Crippen LogP) is 0.653. The fourth-order valence-electron chi connectivity index (χ4n) is 1.57. The molecule has 0 aromatic heterocycles. The Morgan fingerprint density at radius 2 is 1.65 bits per heavy atom. The predicted molar refractivity (Wildman–Crippen MR) is 77.9 cm³/mol. The molecule has 5 N–H and O–H groups in total. The highest BCUT2D eigenvalue weighted by Gasteiger charge is 2.01. The molecule has 0 fully saturated rings. The molecule has 0 aliphatic carbocycles. The van der Waals surface area contributed by atoms with Gasteiger partial charge in [0.2, 0.25) is 5.91 Å². The molecule has 0 saturated heterocycles.